The smallest absolute Gasteiger partial charge is 0.0554 e. The zero-order valence-corrected chi connectivity index (χ0v) is 11.2. The fourth-order valence-electron chi connectivity index (χ4n) is 5.30. The van der Waals surface area contributed by atoms with E-state index in [1.54, 1.807) is 0 Å². The second-order valence-electron chi connectivity index (χ2n) is 6.91. The van der Waals surface area contributed by atoms with E-state index in [4.69, 9.17) is 0 Å². The third kappa shape index (κ3) is 1.51. The van der Waals surface area contributed by atoms with Crippen LogP contribution in [0.5, 0.6) is 0 Å². The molecule has 1 heterocycles. The highest BCUT2D eigenvalue weighted by Crippen LogP contribution is 2.57. The Balaban J connectivity index is 1.67. The minimum absolute atomic E-state index is 0.456. The third-order valence-corrected chi connectivity index (χ3v) is 5.75. The monoisotopic (exact) mass is 242 g/mol. The summed E-state index contributed by atoms with van der Waals surface area (Å²) in [6.45, 7) is 0. The summed E-state index contributed by atoms with van der Waals surface area (Å²) in [6, 6.07) is 4.28. The van der Waals surface area contributed by atoms with Gasteiger partial charge < -0.3 is 4.90 Å². The summed E-state index contributed by atoms with van der Waals surface area (Å²) in [4.78, 5) is 6.85. The maximum absolute atomic E-state index is 4.29. The lowest BCUT2D eigenvalue weighted by atomic mass is 9.52. The van der Waals surface area contributed by atoms with Crippen LogP contribution in [0.3, 0.4) is 0 Å². The molecule has 2 nitrogen and oxygen atoms in total. The number of nitrogens with zero attached hydrogens (tertiary/aromatic N) is 2. The van der Waals surface area contributed by atoms with Crippen molar-refractivity contribution in [3.8, 4) is 0 Å². The molecule has 0 radical (unpaired) electrons. The topological polar surface area (TPSA) is 16.1 Å². The first-order chi connectivity index (χ1) is 8.75. The fraction of sp³-hybridized carbons (Fsp3) is 0.688. The first-order valence-corrected chi connectivity index (χ1v) is 7.39. The summed E-state index contributed by atoms with van der Waals surface area (Å²) < 4.78 is 0. The van der Waals surface area contributed by atoms with Crippen LogP contribution < -0.4 is 4.90 Å². The molecule has 0 atom stereocenters. The van der Waals surface area contributed by atoms with Gasteiger partial charge in [-0.15, -0.1) is 0 Å². The lowest BCUT2D eigenvalue weighted by Crippen LogP contribution is -2.59. The molecule has 0 spiro atoms. The van der Waals surface area contributed by atoms with Crippen LogP contribution in [0.1, 0.15) is 38.5 Å². The molecule has 5 rings (SSSR count). The summed E-state index contributed by atoms with van der Waals surface area (Å²) in [7, 11) is 2.30. The molecule has 96 valence electrons. The molecule has 1 aromatic rings. The maximum atomic E-state index is 4.29. The Morgan fingerprint density at radius 3 is 2.22 bits per heavy atom. The second-order valence-corrected chi connectivity index (χ2v) is 6.91. The number of aromatic nitrogens is 1. The summed E-state index contributed by atoms with van der Waals surface area (Å²) in [5.41, 5.74) is 1.76. The van der Waals surface area contributed by atoms with Crippen LogP contribution in [0, 0.1) is 17.8 Å². The molecule has 4 aliphatic carbocycles. The average molecular weight is 242 g/mol. The zero-order valence-electron chi connectivity index (χ0n) is 11.2. The summed E-state index contributed by atoms with van der Waals surface area (Å²) in [5.74, 6) is 3.03. The first-order valence-electron chi connectivity index (χ1n) is 7.39. The Morgan fingerprint density at radius 2 is 1.72 bits per heavy atom. The number of hydrogen-bond acceptors (Lipinski definition) is 2. The van der Waals surface area contributed by atoms with Crippen molar-refractivity contribution in [3.63, 3.8) is 0 Å². The van der Waals surface area contributed by atoms with Gasteiger partial charge >= 0.3 is 0 Å². The minimum atomic E-state index is 0.456. The highest BCUT2D eigenvalue weighted by Gasteiger charge is 2.52. The predicted molar refractivity (Wildman–Crippen MR) is 73.5 cm³/mol. The molecule has 4 aliphatic rings. The molecule has 0 saturated heterocycles. The van der Waals surface area contributed by atoms with E-state index in [2.05, 4.69) is 29.1 Å². The summed E-state index contributed by atoms with van der Waals surface area (Å²) >= 11 is 0. The maximum Gasteiger partial charge on any atom is 0.0554 e. The van der Waals surface area contributed by atoms with Crippen LogP contribution in [0.15, 0.2) is 24.5 Å². The number of hydrogen-bond donors (Lipinski definition) is 0. The van der Waals surface area contributed by atoms with Crippen molar-refractivity contribution >= 4 is 5.69 Å². The van der Waals surface area contributed by atoms with Crippen LogP contribution >= 0.6 is 0 Å². The highest BCUT2D eigenvalue weighted by atomic mass is 15.2. The van der Waals surface area contributed by atoms with Crippen molar-refractivity contribution in [2.45, 2.75) is 44.1 Å². The van der Waals surface area contributed by atoms with Gasteiger partial charge in [-0.05, 0) is 68.4 Å². The normalized spacial score (nSPS) is 41.1. The van der Waals surface area contributed by atoms with E-state index in [0.717, 1.165) is 17.8 Å². The van der Waals surface area contributed by atoms with Crippen molar-refractivity contribution < 1.29 is 0 Å². The van der Waals surface area contributed by atoms with Crippen LogP contribution in [0.2, 0.25) is 0 Å². The van der Waals surface area contributed by atoms with Crippen LogP contribution in [0.4, 0.5) is 5.69 Å². The Morgan fingerprint density at radius 1 is 1.11 bits per heavy atom. The van der Waals surface area contributed by atoms with E-state index in [9.17, 15) is 0 Å². The molecular weight excluding hydrogens is 220 g/mol. The Hall–Kier alpha value is -1.05. The van der Waals surface area contributed by atoms with Gasteiger partial charge in [0.15, 0.2) is 0 Å². The SMILES string of the molecule is CN(c1cccnc1)C12CC3CC(CC(C3)C1)C2. The molecule has 0 unspecified atom stereocenters. The van der Waals surface area contributed by atoms with Gasteiger partial charge in [-0.1, -0.05) is 0 Å². The van der Waals surface area contributed by atoms with Gasteiger partial charge in [0.05, 0.1) is 11.9 Å². The van der Waals surface area contributed by atoms with Gasteiger partial charge in [-0.3, -0.25) is 4.98 Å². The lowest BCUT2D eigenvalue weighted by Gasteiger charge is -2.60. The molecule has 1 aromatic heterocycles. The van der Waals surface area contributed by atoms with Gasteiger partial charge in [0.1, 0.15) is 0 Å². The zero-order chi connectivity index (χ0) is 12.2. The molecule has 4 bridgehead atoms. The summed E-state index contributed by atoms with van der Waals surface area (Å²) in [6.07, 6.45) is 12.7. The molecule has 0 N–H and O–H groups in total. The van der Waals surface area contributed by atoms with Crippen molar-refractivity contribution in [1.82, 2.24) is 4.98 Å². The molecule has 0 amide bonds. The van der Waals surface area contributed by atoms with Gasteiger partial charge in [0.25, 0.3) is 0 Å². The Labute approximate surface area is 109 Å². The van der Waals surface area contributed by atoms with Crippen molar-refractivity contribution in [1.29, 1.82) is 0 Å². The predicted octanol–water partition coefficient (Wildman–Crippen LogP) is 3.49. The Kier molecular flexibility index (Phi) is 2.24. The van der Waals surface area contributed by atoms with Gasteiger partial charge in [-0.2, -0.15) is 0 Å². The van der Waals surface area contributed by atoms with Gasteiger partial charge in [0.2, 0.25) is 0 Å². The molecule has 4 saturated carbocycles. The fourth-order valence-corrected chi connectivity index (χ4v) is 5.30. The molecule has 0 aromatic carbocycles. The number of anilines is 1. The average Bonchev–Trinajstić information content (AvgIpc) is 2.37. The largest absolute Gasteiger partial charge is 0.368 e. The number of pyridine rings is 1. The first kappa shape index (κ1) is 10.8. The van der Waals surface area contributed by atoms with Gasteiger partial charge in [-0.25, -0.2) is 0 Å². The van der Waals surface area contributed by atoms with Crippen molar-refractivity contribution in [3.05, 3.63) is 24.5 Å². The molecular formula is C16H22N2. The van der Waals surface area contributed by atoms with Crippen molar-refractivity contribution in [2.75, 3.05) is 11.9 Å². The second kappa shape index (κ2) is 3.72. The van der Waals surface area contributed by atoms with E-state index in [-0.39, 0.29) is 0 Å². The van der Waals surface area contributed by atoms with E-state index in [0.29, 0.717) is 5.54 Å². The van der Waals surface area contributed by atoms with Crippen LogP contribution in [0.25, 0.3) is 0 Å². The minimum Gasteiger partial charge on any atom is -0.368 e. The Bertz CT molecular complexity index is 404. The standard InChI is InChI=1S/C16H22N2/c1-18(15-3-2-4-17-11-15)16-8-12-5-13(9-16)7-14(6-12)10-16/h2-4,11-14H,5-10H2,1H3. The molecule has 4 fully saturated rings. The van der Waals surface area contributed by atoms with E-state index in [1.165, 1.54) is 44.2 Å². The van der Waals surface area contributed by atoms with Crippen molar-refractivity contribution in [2.24, 2.45) is 17.8 Å². The van der Waals surface area contributed by atoms with Gasteiger partial charge in [0, 0.05) is 18.8 Å². The van der Waals surface area contributed by atoms with E-state index < -0.39 is 0 Å². The van der Waals surface area contributed by atoms with E-state index >= 15 is 0 Å². The van der Waals surface area contributed by atoms with Crippen LogP contribution in [-0.2, 0) is 0 Å². The van der Waals surface area contributed by atoms with Crippen LogP contribution in [-0.4, -0.2) is 17.6 Å². The molecule has 0 aliphatic heterocycles. The lowest BCUT2D eigenvalue weighted by molar-refractivity contribution is -0.00202. The third-order valence-electron chi connectivity index (χ3n) is 5.75. The molecule has 2 heteroatoms. The molecule has 18 heavy (non-hydrogen) atoms. The van der Waals surface area contributed by atoms with E-state index in [1.807, 2.05) is 12.4 Å². The summed E-state index contributed by atoms with van der Waals surface area (Å²) in [5, 5.41) is 0. The number of rotatable bonds is 2. The quantitative estimate of drug-likeness (QED) is 0.789. The highest BCUT2D eigenvalue weighted by molar-refractivity contribution is 5.46.